The van der Waals surface area contributed by atoms with Crippen molar-refractivity contribution in [3.8, 4) is 0 Å². The van der Waals surface area contributed by atoms with E-state index in [1.165, 1.54) is 69.8 Å². The summed E-state index contributed by atoms with van der Waals surface area (Å²) in [5, 5.41) is 0. The van der Waals surface area contributed by atoms with Gasteiger partial charge < -0.3 is 5.73 Å². The second-order valence-electron chi connectivity index (χ2n) is 7.33. The molecule has 1 nitrogen and oxygen atoms in total. The van der Waals surface area contributed by atoms with Gasteiger partial charge in [0, 0.05) is 6.04 Å². The van der Waals surface area contributed by atoms with Crippen molar-refractivity contribution >= 4 is 0 Å². The minimum atomic E-state index is 0.267. The Hall–Kier alpha value is -0.820. The minimum absolute atomic E-state index is 0.267. The van der Waals surface area contributed by atoms with E-state index in [4.69, 9.17) is 5.73 Å². The molecule has 1 unspecified atom stereocenters. The van der Waals surface area contributed by atoms with Crippen LogP contribution >= 0.6 is 0 Å². The molecule has 3 rings (SSSR count). The standard InChI is InChI=1S/C20H31N/c1-2-3-5-15-8-10-17(11-9-15)20(21)19-13-12-16-6-4-7-18(16)14-19/h12-15,17,20H,2-11,21H2,1H3. The third-order valence-electron chi connectivity index (χ3n) is 5.87. The lowest BCUT2D eigenvalue weighted by molar-refractivity contribution is 0.232. The highest BCUT2D eigenvalue weighted by Crippen LogP contribution is 2.38. The molecule has 1 saturated carbocycles. The molecule has 0 bridgehead atoms. The molecule has 0 amide bonds. The van der Waals surface area contributed by atoms with E-state index in [0.717, 1.165) is 5.92 Å². The maximum Gasteiger partial charge on any atom is 0.0323 e. The van der Waals surface area contributed by atoms with Crippen molar-refractivity contribution in [2.24, 2.45) is 17.6 Å². The molecule has 1 heteroatoms. The van der Waals surface area contributed by atoms with Crippen molar-refractivity contribution in [2.75, 3.05) is 0 Å². The average molecular weight is 285 g/mol. The normalized spacial score (nSPS) is 26.6. The molecule has 0 heterocycles. The number of unbranched alkanes of at least 4 members (excludes halogenated alkanes) is 1. The van der Waals surface area contributed by atoms with Gasteiger partial charge in [0.05, 0.1) is 0 Å². The quantitative estimate of drug-likeness (QED) is 0.793. The summed E-state index contributed by atoms with van der Waals surface area (Å²) in [5.41, 5.74) is 11.1. The highest BCUT2D eigenvalue weighted by molar-refractivity contribution is 5.36. The molecule has 0 radical (unpaired) electrons. The summed E-state index contributed by atoms with van der Waals surface area (Å²) >= 11 is 0. The third-order valence-corrected chi connectivity index (χ3v) is 5.87. The van der Waals surface area contributed by atoms with E-state index in [9.17, 15) is 0 Å². The smallest absolute Gasteiger partial charge is 0.0323 e. The van der Waals surface area contributed by atoms with E-state index in [1.54, 1.807) is 11.1 Å². The fraction of sp³-hybridized carbons (Fsp3) is 0.700. The SMILES string of the molecule is CCCCC1CCC(C(N)c2ccc3c(c2)CCC3)CC1. The lowest BCUT2D eigenvalue weighted by Gasteiger charge is -2.32. The number of benzene rings is 1. The maximum absolute atomic E-state index is 6.61. The molecule has 1 aromatic rings. The summed E-state index contributed by atoms with van der Waals surface area (Å²) in [7, 11) is 0. The van der Waals surface area contributed by atoms with Crippen LogP contribution in [0.3, 0.4) is 0 Å². The van der Waals surface area contributed by atoms with E-state index in [1.807, 2.05) is 0 Å². The number of nitrogens with two attached hydrogens (primary N) is 1. The highest BCUT2D eigenvalue weighted by atomic mass is 14.7. The van der Waals surface area contributed by atoms with Crippen LogP contribution in [-0.2, 0) is 12.8 Å². The third kappa shape index (κ3) is 3.51. The van der Waals surface area contributed by atoms with Crippen LogP contribution in [0, 0.1) is 11.8 Å². The number of aryl methyl sites for hydroxylation is 2. The van der Waals surface area contributed by atoms with Gasteiger partial charge in [0.25, 0.3) is 0 Å². The lowest BCUT2D eigenvalue weighted by Crippen LogP contribution is -2.26. The Bertz CT molecular complexity index is 457. The van der Waals surface area contributed by atoms with Crippen LogP contribution in [0.1, 0.15) is 81.0 Å². The molecule has 2 aliphatic rings. The van der Waals surface area contributed by atoms with Gasteiger partial charge in [0.1, 0.15) is 0 Å². The van der Waals surface area contributed by atoms with E-state index < -0.39 is 0 Å². The van der Waals surface area contributed by atoms with Crippen molar-refractivity contribution in [1.29, 1.82) is 0 Å². The van der Waals surface area contributed by atoms with Gasteiger partial charge in [0.15, 0.2) is 0 Å². The van der Waals surface area contributed by atoms with Crippen LogP contribution in [0.25, 0.3) is 0 Å². The van der Waals surface area contributed by atoms with Crippen molar-refractivity contribution in [3.63, 3.8) is 0 Å². The number of rotatable bonds is 5. The number of hydrogen-bond donors (Lipinski definition) is 1. The minimum Gasteiger partial charge on any atom is -0.324 e. The Morgan fingerprint density at radius 2 is 1.86 bits per heavy atom. The second kappa shape index (κ2) is 6.96. The summed E-state index contributed by atoms with van der Waals surface area (Å²) in [6.07, 6.45) is 13.5. The van der Waals surface area contributed by atoms with Crippen LogP contribution in [0.15, 0.2) is 18.2 Å². The first-order valence-corrected chi connectivity index (χ1v) is 9.15. The van der Waals surface area contributed by atoms with Gasteiger partial charge in [-0.1, -0.05) is 57.2 Å². The maximum atomic E-state index is 6.61. The van der Waals surface area contributed by atoms with Gasteiger partial charge in [-0.3, -0.25) is 0 Å². The summed E-state index contributed by atoms with van der Waals surface area (Å²) in [6.45, 7) is 2.30. The van der Waals surface area contributed by atoms with Gasteiger partial charge >= 0.3 is 0 Å². The molecule has 0 aromatic heterocycles. The van der Waals surface area contributed by atoms with Gasteiger partial charge in [-0.15, -0.1) is 0 Å². The summed E-state index contributed by atoms with van der Waals surface area (Å²) in [4.78, 5) is 0. The van der Waals surface area contributed by atoms with E-state index in [2.05, 4.69) is 25.1 Å². The summed E-state index contributed by atoms with van der Waals surface area (Å²) in [5.74, 6) is 1.69. The second-order valence-corrected chi connectivity index (χ2v) is 7.33. The molecule has 0 saturated heterocycles. The topological polar surface area (TPSA) is 26.0 Å². The highest BCUT2D eigenvalue weighted by Gasteiger charge is 2.26. The first-order chi connectivity index (χ1) is 10.3. The number of hydrogen-bond acceptors (Lipinski definition) is 1. The molecular formula is C20H31N. The van der Waals surface area contributed by atoms with Gasteiger partial charge in [-0.2, -0.15) is 0 Å². The van der Waals surface area contributed by atoms with Crippen LogP contribution < -0.4 is 5.73 Å². The molecule has 2 N–H and O–H groups in total. The Kier molecular flexibility index (Phi) is 5.00. The lowest BCUT2D eigenvalue weighted by atomic mass is 9.75. The summed E-state index contributed by atoms with van der Waals surface area (Å²) in [6, 6.07) is 7.32. The summed E-state index contributed by atoms with van der Waals surface area (Å²) < 4.78 is 0. The molecule has 1 atom stereocenters. The molecule has 21 heavy (non-hydrogen) atoms. The van der Waals surface area contributed by atoms with E-state index in [0.29, 0.717) is 5.92 Å². The van der Waals surface area contributed by atoms with Gasteiger partial charge in [-0.05, 0) is 60.6 Å². The van der Waals surface area contributed by atoms with Crippen LogP contribution in [-0.4, -0.2) is 0 Å². The Morgan fingerprint density at radius 1 is 1.10 bits per heavy atom. The molecule has 1 aromatic carbocycles. The molecule has 0 spiro atoms. The molecule has 116 valence electrons. The molecule has 1 fully saturated rings. The zero-order chi connectivity index (χ0) is 14.7. The number of fused-ring (bicyclic) bond motifs is 1. The van der Waals surface area contributed by atoms with E-state index >= 15 is 0 Å². The van der Waals surface area contributed by atoms with Crippen molar-refractivity contribution < 1.29 is 0 Å². The first-order valence-electron chi connectivity index (χ1n) is 9.15. The molecule has 0 aliphatic heterocycles. The monoisotopic (exact) mass is 285 g/mol. The van der Waals surface area contributed by atoms with Crippen molar-refractivity contribution in [1.82, 2.24) is 0 Å². The fourth-order valence-corrected chi connectivity index (χ4v) is 4.40. The first kappa shape index (κ1) is 15.1. The van der Waals surface area contributed by atoms with Crippen molar-refractivity contribution in [2.45, 2.75) is 77.2 Å². The zero-order valence-corrected chi connectivity index (χ0v) is 13.6. The predicted octanol–water partition coefficient (Wildman–Crippen LogP) is 5.17. The van der Waals surface area contributed by atoms with Crippen LogP contribution in [0.2, 0.25) is 0 Å². The predicted molar refractivity (Wildman–Crippen MR) is 90.4 cm³/mol. The van der Waals surface area contributed by atoms with Crippen LogP contribution in [0.5, 0.6) is 0 Å². The largest absolute Gasteiger partial charge is 0.324 e. The van der Waals surface area contributed by atoms with Crippen molar-refractivity contribution in [3.05, 3.63) is 34.9 Å². The van der Waals surface area contributed by atoms with Gasteiger partial charge in [-0.25, -0.2) is 0 Å². The molecule has 2 aliphatic carbocycles. The zero-order valence-electron chi connectivity index (χ0n) is 13.6. The average Bonchev–Trinajstić information content (AvgIpc) is 3.00. The Labute approximate surface area is 130 Å². The fourth-order valence-electron chi connectivity index (χ4n) is 4.40. The van der Waals surface area contributed by atoms with E-state index in [-0.39, 0.29) is 6.04 Å². The van der Waals surface area contributed by atoms with Gasteiger partial charge in [0.2, 0.25) is 0 Å². The molecular weight excluding hydrogens is 254 g/mol. The Morgan fingerprint density at radius 3 is 2.62 bits per heavy atom. The Balaban J connectivity index is 1.57. The van der Waals surface area contributed by atoms with Crippen LogP contribution in [0.4, 0.5) is 0 Å².